The maximum Gasteiger partial charge on any atom is 0.137 e. The second kappa shape index (κ2) is 12.5. The second-order valence-electron chi connectivity index (χ2n) is 13.4. The predicted octanol–water partition coefficient (Wildman–Crippen LogP) is 14.4. The molecule has 0 fully saturated rings. The van der Waals surface area contributed by atoms with E-state index >= 15 is 0 Å². The number of benzene rings is 9. The van der Waals surface area contributed by atoms with Crippen LogP contribution in [0.5, 0.6) is 0 Å². The van der Waals surface area contributed by atoms with E-state index in [-0.39, 0.29) is 0 Å². The third-order valence-corrected chi connectivity index (χ3v) is 10.3. The summed E-state index contributed by atoms with van der Waals surface area (Å²) in [6.07, 6.45) is 0. The number of nitrogens with zero attached hydrogens (tertiary/aromatic N) is 1. The fraction of sp³-hybridized carbons (Fsp3) is 0. The van der Waals surface area contributed by atoms with Crippen molar-refractivity contribution in [1.82, 2.24) is 0 Å². The summed E-state index contributed by atoms with van der Waals surface area (Å²) in [6.45, 7) is 0. The third-order valence-electron chi connectivity index (χ3n) is 10.3. The smallest absolute Gasteiger partial charge is 0.137 e. The summed E-state index contributed by atoms with van der Waals surface area (Å²) in [5.41, 5.74) is 12.2. The van der Waals surface area contributed by atoms with Gasteiger partial charge in [-0.1, -0.05) is 146 Å². The van der Waals surface area contributed by atoms with Crippen LogP contribution >= 0.6 is 0 Å². The van der Waals surface area contributed by atoms with Gasteiger partial charge in [-0.2, -0.15) is 0 Å². The van der Waals surface area contributed by atoms with E-state index in [1.165, 1.54) is 54.9 Å². The minimum atomic E-state index is 0.875. The number of fused-ring (bicyclic) bond motifs is 5. The van der Waals surface area contributed by atoms with Crippen LogP contribution in [0.3, 0.4) is 0 Å². The van der Waals surface area contributed by atoms with Crippen molar-refractivity contribution >= 4 is 60.5 Å². The molecule has 0 aliphatic carbocycles. The molecule has 0 atom stereocenters. The Kier molecular flexibility index (Phi) is 7.18. The van der Waals surface area contributed by atoms with Crippen molar-refractivity contribution in [3.63, 3.8) is 0 Å². The van der Waals surface area contributed by atoms with Crippen molar-refractivity contribution in [3.05, 3.63) is 200 Å². The van der Waals surface area contributed by atoms with E-state index < -0.39 is 0 Å². The van der Waals surface area contributed by atoms with Crippen molar-refractivity contribution in [2.75, 3.05) is 4.90 Å². The first-order valence-corrected chi connectivity index (χ1v) is 17.7. The van der Waals surface area contributed by atoms with Crippen molar-refractivity contribution in [2.45, 2.75) is 0 Å². The average molecular weight is 664 g/mol. The summed E-state index contributed by atoms with van der Waals surface area (Å²) in [6, 6.07) is 71.7. The average Bonchev–Trinajstić information content (AvgIpc) is 3.61. The number of hydrogen-bond acceptors (Lipinski definition) is 2. The zero-order valence-corrected chi connectivity index (χ0v) is 28.4. The topological polar surface area (TPSA) is 16.4 Å². The molecule has 244 valence electrons. The van der Waals surface area contributed by atoms with Crippen LogP contribution in [0, 0.1) is 0 Å². The maximum absolute atomic E-state index is 6.34. The summed E-state index contributed by atoms with van der Waals surface area (Å²) in [7, 11) is 0. The molecule has 52 heavy (non-hydrogen) atoms. The molecule has 1 heterocycles. The second-order valence-corrected chi connectivity index (χ2v) is 13.4. The Morgan fingerprint density at radius 1 is 0.308 bits per heavy atom. The van der Waals surface area contributed by atoms with E-state index in [0.717, 1.165) is 39.0 Å². The summed E-state index contributed by atoms with van der Waals surface area (Å²) < 4.78 is 6.34. The van der Waals surface area contributed by atoms with Crippen LogP contribution in [-0.4, -0.2) is 0 Å². The summed E-state index contributed by atoms with van der Waals surface area (Å²) in [5, 5.41) is 7.22. The zero-order valence-electron chi connectivity index (χ0n) is 28.4. The molecule has 1 aromatic heterocycles. The Morgan fingerprint density at radius 2 is 0.731 bits per heavy atom. The van der Waals surface area contributed by atoms with Crippen molar-refractivity contribution in [1.29, 1.82) is 0 Å². The molecule has 2 heteroatoms. The first kappa shape index (κ1) is 30.0. The molecule has 0 unspecified atom stereocenters. The SMILES string of the molecule is c1ccc2cc(-c3ccc(-c4ccc(N(c5ccc(-c6ccc7ccccc7c6)cc5)c5cccc6oc7ccccc7c56)cc4)cc3)ccc2c1. The van der Waals surface area contributed by atoms with Gasteiger partial charge in [-0.25, -0.2) is 0 Å². The lowest BCUT2D eigenvalue weighted by Crippen LogP contribution is -2.10. The van der Waals surface area contributed by atoms with Crippen LogP contribution < -0.4 is 4.90 Å². The largest absolute Gasteiger partial charge is 0.456 e. The molecule has 0 radical (unpaired) electrons. The highest BCUT2D eigenvalue weighted by Gasteiger charge is 2.19. The number of para-hydroxylation sites is 1. The van der Waals surface area contributed by atoms with Gasteiger partial charge in [0.15, 0.2) is 0 Å². The molecule has 2 nitrogen and oxygen atoms in total. The van der Waals surface area contributed by atoms with Crippen LogP contribution in [0.1, 0.15) is 0 Å². The monoisotopic (exact) mass is 663 g/mol. The number of rotatable bonds is 6. The van der Waals surface area contributed by atoms with Gasteiger partial charge in [0.25, 0.3) is 0 Å². The van der Waals surface area contributed by atoms with Crippen LogP contribution in [0.4, 0.5) is 17.1 Å². The number of hydrogen-bond donors (Lipinski definition) is 0. The van der Waals surface area contributed by atoms with E-state index in [9.17, 15) is 0 Å². The van der Waals surface area contributed by atoms with Gasteiger partial charge in [-0.3, -0.25) is 0 Å². The van der Waals surface area contributed by atoms with Gasteiger partial charge in [-0.05, 0) is 110 Å². The molecule has 0 saturated carbocycles. The van der Waals surface area contributed by atoms with Gasteiger partial charge >= 0.3 is 0 Å². The highest BCUT2D eigenvalue weighted by molar-refractivity contribution is 6.13. The van der Waals surface area contributed by atoms with Gasteiger partial charge in [0, 0.05) is 16.8 Å². The molecule has 0 bridgehead atoms. The highest BCUT2D eigenvalue weighted by Crippen LogP contribution is 2.43. The Hall–Kier alpha value is -6.90. The minimum absolute atomic E-state index is 0.875. The van der Waals surface area contributed by atoms with Crippen LogP contribution in [0.25, 0.3) is 76.9 Å². The third kappa shape index (κ3) is 5.30. The molecule has 0 spiro atoms. The molecule has 0 N–H and O–H groups in total. The quantitative estimate of drug-likeness (QED) is 0.176. The number of furan rings is 1. The molecule has 0 aliphatic heterocycles. The normalized spacial score (nSPS) is 11.5. The Balaban J connectivity index is 1.03. The molecular weight excluding hydrogens is 631 g/mol. The van der Waals surface area contributed by atoms with Gasteiger partial charge in [0.2, 0.25) is 0 Å². The van der Waals surface area contributed by atoms with Crippen molar-refractivity contribution in [3.8, 4) is 33.4 Å². The Bertz CT molecular complexity index is 2880. The first-order chi connectivity index (χ1) is 25.7. The van der Waals surface area contributed by atoms with Crippen LogP contribution in [-0.2, 0) is 0 Å². The summed E-state index contributed by atoms with van der Waals surface area (Å²) in [5.74, 6) is 0. The van der Waals surface area contributed by atoms with Crippen LogP contribution in [0.15, 0.2) is 205 Å². The lowest BCUT2D eigenvalue weighted by Gasteiger charge is -2.26. The standard InChI is InChI=1S/C50H33NO/c1-3-10-40-32-42(22-20-34(40)8-1)38-18-16-36(17-19-38)37-24-28-44(29-25-37)51(47-13-7-15-49-50(47)46-12-5-6-14-48(46)52-49)45-30-26-39(27-31-45)43-23-21-35-9-2-4-11-41(35)33-43/h1-33H. The first-order valence-electron chi connectivity index (χ1n) is 17.7. The molecule has 9 aromatic carbocycles. The summed E-state index contributed by atoms with van der Waals surface area (Å²) in [4.78, 5) is 2.35. The van der Waals surface area contributed by atoms with Gasteiger partial charge in [-0.15, -0.1) is 0 Å². The van der Waals surface area contributed by atoms with Gasteiger partial charge in [0.05, 0.1) is 11.1 Å². The number of anilines is 3. The Labute approximate surface area is 302 Å². The molecule has 0 aliphatic rings. The Morgan fingerprint density at radius 3 is 1.29 bits per heavy atom. The van der Waals surface area contributed by atoms with E-state index in [1.54, 1.807) is 0 Å². The van der Waals surface area contributed by atoms with E-state index in [0.29, 0.717) is 0 Å². The maximum atomic E-state index is 6.34. The van der Waals surface area contributed by atoms with Crippen molar-refractivity contribution in [2.24, 2.45) is 0 Å². The van der Waals surface area contributed by atoms with Gasteiger partial charge in [0.1, 0.15) is 11.2 Å². The fourth-order valence-corrected chi connectivity index (χ4v) is 7.57. The minimum Gasteiger partial charge on any atom is -0.456 e. The molecule has 0 amide bonds. The lowest BCUT2D eigenvalue weighted by atomic mass is 9.98. The van der Waals surface area contributed by atoms with E-state index in [1.807, 2.05) is 12.1 Å². The zero-order chi connectivity index (χ0) is 34.4. The molecular formula is C50H33NO. The molecule has 10 aromatic rings. The lowest BCUT2D eigenvalue weighted by molar-refractivity contribution is 0.669. The van der Waals surface area contributed by atoms with Gasteiger partial charge < -0.3 is 9.32 Å². The fourth-order valence-electron chi connectivity index (χ4n) is 7.57. The van der Waals surface area contributed by atoms with Crippen molar-refractivity contribution < 1.29 is 4.42 Å². The summed E-state index contributed by atoms with van der Waals surface area (Å²) >= 11 is 0. The van der Waals surface area contributed by atoms with E-state index in [4.69, 9.17) is 4.42 Å². The predicted molar refractivity (Wildman–Crippen MR) is 220 cm³/mol. The molecule has 10 rings (SSSR count). The highest BCUT2D eigenvalue weighted by atomic mass is 16.3. The van der Waals surface area contributed by atoms with Crippen LogP contribution in [0.2, 0.25) is 0 Å². The molecule has 0 saturated heterocycles. The van der Waals surface area contributed by atoms with E-state index in [2.05, 4.69) is 193 Å².